The molecule has 0 bridgehead atoms. The smallest absolute Gasteiger partial charge is 0.323 e. The van der Waals surface area contributed by atoms with E-state index >= 15 is 0 Å². The molecule has 28 heavy (non-hydrogen) atoms. The maximum atomic E-state index is 12.6. The summed E-state index contributed by atoms with van der Waals surface area (Å²) in [5.41, 5.74) is 2.11. The summed E-state index contributed by atoms with van der Waals surface area (Å²) in [6.07, 6.45) is 0. The number of carbonyl (C=O) groups is 2. The second-order valence-corrected chi connectivity index (χ2v) is 7.70. The van der Waals surface area contributed by atoms with Crippen molar-refractivity contribution in [3.63, 3.8) is 0 Å². The molecule has 2 aromatic rings. The van der Waals surface area contributed by atoms with E-state index in [0.717, 1.165) is 5.69 Å². The van der Waals surface area contributed by atoms with Crippen LogP contribution in [0.5, 0.6) is 0 Å². The molecule has 0 radical (unpaired) electrons. The fourth-order valence-electron chi connectivity index (χ4n) is 2.46. The molecule has 0 atom stereocenters. The van der Waals surface area contributed by atoms with Crippen LogP contribution in [0.1, 0.15) is 24.2 Å². The summed E-state index contributed by atoms with van der Waals surface area (Å²) in [6, 6.07) is 9.63. The van der Waals surface area contributed by atoms with Gasteiger partial charge in [0.25, 0.3) is 5.91 Å². The minimum Gasteiger partial charge on any atom is -0.377 e. The van der Waals surface area contributed by atoms with Crippen molar-refractivity contribution in [1.29, 1.82) is 0 Å². The summed E-state index contributed by atoms with van der Waals surface area (Å²) in [6.45, 7) is 4.62. The van der Waals surface area contributed by atoms with Crippen LogP contribution in [0.3, 0.4) is 0 Å². The molecule has 0 aliphatic heterocycles. The molecule has 0 saturated carbocycles. The van der Waals surface area contributed by atoms with Crippen LogP contribution in [0.15, 0.2) is 36.4 Å². The third kappa shape index (κ3) is 5.78. The number of rotatable bonds is 6. The zero-order valence-corrected chi connectivity index (χ0v) is 17.8. The summed E-state index contributed by atoms with van der Waals surface area (Å²) in [7, 11) is 3.71. The first kappa shape index (κ1) is 21.9. The van der Waals surface area contributed by atoms with Gasteiger partial charge in [-0.2, -0.15) is 0 Å². The molecule has 0 aliphatic rings. The summed E-state index contributed by atoms with van der Waals surface area (Å²) >= 11 is 12.0. The van der Waals surface area contributed by atoms with E-state index in [1.54, 1.807) is 36.4 Å². The molecule has 150 valence electrons. The molecule has 2 rings (SSSR count). The SMILES string of the molecule is CC(C)CNC(=O)c1cc(NC(=O)Nc2cccc(Cl)c2Cl)ccc1N(C)C. The Hall–Kier alpha value is -2.44. The number of nitrogens with zero attached hydrogens (tertiary/aromatic N) is 1. The standard InChI is InChI=1S/C20H24Cl2N4O2/c1-12(2)11-23-19(27)14-10-13(8-9-17(14)26(3)4)24-20(28)25-16-7-5-6-15(21)18(16)22/h5-10,12H,11H2,1-4H3,(H,23,27)(H2,24,25,28). The monoisotopic (exact) mass is 422 g/mol. The summed E-state index contributed by atoms with van der Waals surface area (Å²) in [4.78, 5) is 26.8. The summed E-state index contributed by atoms with van der Waals surface area (Å²) in [5, 5.41) is 8.87. The van der Waals surface area contributed by atoms with Crippen molar-refractivity contribution in [3.8, 4) is 0 Å². The Balaban J connectivity index is 2.19. The molecular weight excluding hydrogens is 399 g/mol. The molecule has 3 N–H and O–H groups in total. The molecule has 0 spiro atoms. The van der Waals surface area contributed by atoms with Gasteiger partial charge in [-0.05, 0) is 36.2 Å². The molecule has 0 aliphatic carbocycles. The normalized spacial score (nSPS) is 10.5. The first-order chi connectivity index (χ1) is 13.2. The van der Waals surface area contributed by atoms with Gasteiger partial charge in [-0.25, -0.2) is 4.79 Å². The van der Waals surface area contributed by atoms with Gasteiger partial charge in [-0.15, -0.1) is 0 Å². The van der Waals surface area contributed by atoms with E-state index in [1.165, 1.54) is 0 Å². The van der Waals surface area contributed by atoms with Crippen LogP contribution >= 0.6 is 23.2 Å². The van der Waals surface area contributed by atoms with E-state index in [0.29, 0.717) is 34.4 Å². The van der Waals surface area contributed by atoms with E-state index in [2.05, 4.69) is 16.0 Å². The topological polar surface area (TPSA) is 73.5 Å². The highest BCUT2D eigenvalue weighted by Gasteiger charge is 2.15. The van der Waals surface area contributed by atoms with Crippen molar-refractivity contribution < 1.29 is 9.59 Å². The molecule has 8 heteroatoms. The van der Waals surface area contributed by atoms with Crippen LogP contribution in [0.2, 0.25) is 10.0 Å². The van der Waals surface area contributed by atoms with Crippen molar-refractivity contribution in [1.82, 2.24) is 5.32 Å². The number of nitrogens with one attached hydrogen (secondary N) is 3. The quantitative estimate of drug-likeness (QED) is 0.606. The minimum atomic E-state index is -0.490. The third-order valence-electron chi connectivity index (χ3n) is 3.85. The molecule has 6 nitrogen and oxygen atoms in total. The van der Waals surface area contributed by atoms with Gasteiger partial charge in [0, 0.05) is 32.0 Å². The fraction of sp³-hybridized carbons (Fsp3) is 0.300. The maximum Gasteiger partial charge on any atom is 0.323 e. The lowest BCUT2D eigenvalue weighted by Crippen LogP contribution is -2.29. The Morgan fingerprint density at radius 1 is 1.07 bits per heavy atom. The average molecular weight is 423 g/mol. The Morgan fingerprint density at radius 3 is 2.43 bits per heavy atom. The first-order valence-corrected chi connectivity index (χ1v) is 9.56. The predicted octanol–water partition coefficient (Wildman–Crippen LogP) is 5.09. The van der Waals surface area contributed by atoms with Gasteiger partial charge in [0.2, 0.25) is 0 Å². The van der Waals surface area contributed by atoms with E-state index in [9.17, 15) is 9.59 Å². The number of hydrogen-bond donors (Lipinski definition) is 3. The fourth-order valence-corrected chi connectivity index (χ4v) is 2.81. The molecule has 3 amide bonds. The van der Waals surface area contributed by atoms with Gasteiger partial charge in [0.05, 0.1) is 21.3 Å². The van der Waals surface area contributed by atoms with Crippen molar-refractivity contribution in [2.24, 2.45) is 5.92 Å². The number of hydrogen-bond acceptors (Lipinski definition) is 3. The van der Waals surface area contributed by atoms with Crippen molar-refractivity contribution in [3.05, 3.63) is 52.0 Å². The highest BCUT2D eigenvalue weighted by Crippen LogP contribution is 2.30. The molecule has 0 fully saturated rings. The number of carbonyl (C=O) groups excluding carboxylic acids is 2. The molecule has 0 unspecified atom stereocenters. The van der Waals surface area contributed by atoms with Crippen LogP contribution in [-0.4, -0.2) is 32.6 Å². The number of amides is 3. The summed E-state index contributed by atoms with van der Waals surface area (Å²) in [5.74, 6) is 0.139. The zero-order chi connectivity index (χ0) is 20.8. The molecular formula is C20H24Cl2N4O2. The zero-order valence-electron chi connectivity index (χ0n) is 16.3. The van der Waals surface area contributed by atoms with E-state index in [4.69, 9.17) is 23.2 Å². The van der Waals surface area contributed by atoms with Gasteiger partial charge >= 0.3 is 6.03 Å². The van der Waals surface area contributed by atoms with Gasteiger partial charge in [0.15, 0.2) is 0 Å². The summed E-state index contributed by atoms with van der Waals surface area (Å²) < 4.78 is 0. The lowest BCUT2D eigenvalue weighted by molar-refractivity contribution is 0.0949. The second kappa shape index (κ2) is 9.66. The van der Waals surface area contributed by atoms with E-state index in [-0.39, 0.29) is 10.9 Å². The Kier molecular flexibility index (Phi) is 7.54. The Labute approximate surface area is 175 Å². The Bertz CT molecular complexity index is 869. The maximum absolute atomic E-state index is 12.6. The van der Waals surface area contributed by atoms with Crippen molar-refractivity contribution in [2.75, 3.05) is 36.2 Å². The molecule has 0 heterocycles. The largest absolute Gasteiger partial charge is 0.377 e. The van der Waals surface area contributed by atoms with Crippen LogP contribution in [0.4, 0.5) is 21.9 Å². The lowest BCUT2D eigenvalue weighted by atomic mass is 10.1. The molecule has 2 aromatic carbocycles. The number of urea groups is 1. The van der Waals surface area contributed by atoms with Crippen molar-refractivity contribution in [2.45, 2.75) is 13.8 Å². The first-order valence-electron chi connectivity index (χ1n) is 8.80. The van der Waals surface area contributed by atoms with Gasteiger partial charge in [-0.3, -0.25) is 4.79 Å². The number of anilines is 3. The molecule has 0 saturated heterocycles. The van der Waals surface area contributed by atoms with E-state index in [1.807, 2.05) is 32.8 Å². The number of halogens is 2. The van der Waals surface area contributed by atoms with Gasteiger partial charge in [-0.1, -0.05) is 43.1 Å². The van der Waals surface area contributed by atoms with Gasteiger partial charge < -0.3 is 20.9 Å². The predicted molar refractivity (Wildman–Crippen MR) is 117 cm³/mol. The number of benzene rings is 2. The van der Waals surface area contributed by atoms with E-state index < -0.39 is 6.03 Å². The van der Waals surface area contributed by atoms with Crippen LogP contribution in [0.25, 0.3) is 0 Å². The lowest BCUT2D eigenvalue weighted by Gasteiger charge is -2.19. The van der Waals surface area contributed by atoms with Crippen LogP contribution in [-0.2, 0) is 0 Å². The third-order valence-corrected chi connectivity index (χ3v) is 4.67. The Morgan fingerprint density at radius 2 is 1.79 bits per heavy atom. The molecule has 0 aromatic heterocycles. The second-order valence-electron chi connectivity index (χ2n) is 6.91. The van der Waals surface area contributed by atoms with Crippen LogP contribution in [0, 0.1) is 5.92 Å². The average Bonchev–Trinajstić information content (AvgIpc) is 2.63. The van der Waals surface area contributed by atoms with Crippen LogP contribution < -0.4 is 20.9 Å². The highest BCUT2D eigenvalue weighted by molar-refractivity contribution is 6.44. The minimum absolute atomic E-state index is 0.195. The van der Waals surface area contributed by atoms with Crippen molar-refractivity contribution >= 4 is 52.2 Å². The van der Waals surface area contributed by atoms with Gasteiger partial charge in [0.1, 0.15) is 0 Å². The highest BCUT2D eigenvalue weighted by atomic mass is 35.5.